The molecule has 1 heterocycles. The molecule has 0 saturated carbocycles. The Hall–Kier alpha value is -1.61. The van der Waals surface area contributed by atoms with Crippen molar-refractivity contribution in [1.82, 2.24) is 9.80 Å². The van der Waals surface area contributed by atoms with Gasteiger partial charge in [-0.15, -0.1) is 0 Å². The summed E-state index contributed by atoms with van der Waals surface area (Å²) >= 11 is 0. The Morgan fingerprint density at radius 3 is 2.00 bits per heavy atom. The van der Waals surface area contributed by atoms with Crippen molar-refractivity contribution < 1.29 is 24.3 Å². The van der Waals surface area contributed by atoms with Crippen LogP contribution < -0.4 is 5.46 Å². The highest BCUT2D eigenvalue weighted by molar-refractivity contribution is 6.60. The molecule has 0 aromatic heterocycles. The molecule has 0 spiro atoms. The molecule has 1 aliphatic rings. The molecule has 1 amide bonds. The second-order valence-electron chi connectivity index (χ2n) is 10.0. The zero-order valence-corrected chi connectivity index (χ0v) is 19.4. The van der Waals surface area contributed by atoms with Gasteiger partial charge in [0.05, 0.1) is 11.2 Å². The second kappa shape index (κ2) is 9.26. The lowest BCUT2D eigenvalue weighted by Crippen LogP contribution is -2.53. The van der Waals surface area contributed by atoms with Crippen LogP contribution in [0.3, 0.4) is 0 Å². The van der Waals surface area contributed by atoms with E-state index in [9.17, 15) is 14.9 Å². The fourth-order valence-electron chi connectivity index (χ4n) is 2.95. The molecule has 0 bridgehead atoms. The molecule has 0 aliphatic carbocycles. The predicted octanol–water partition coefficient (Wildman–Crippen LogP) is 1.99. The maximum Gasteiger partial charge on any atom is 0.491 e. The van der Waals surface area contributed by atoms with Crippen LogP contribution in [0.2, 0.25) is 0 Å². The predicted molar refractivity (Wildman–Crippen MR) is 119 cm³/mol. The number of aliphatic hydroxyl groups is 1. The first-order valence-electron chi connectivity index (χ1n) is 10.6. The largest absolute Gasteiger partial charge is 0.491 e. The van der Waals surface area contributed by atoms with Crippen LogP contribution in [0, 0.1) is 0 Å². The highest BCUT2D eigenvalue weighted by Gasteiger charge is 2.39. The quantitative estimate of drug-likeness (QED) is 0.686. The molecule has 0 radical (unpaired) electrons. The summed E-state index contributed by atoms with van der Waals surface area (Å²) in [5, 5.41) is 20.6. The SMILES string of the molecule is CC(C)(C)OC(=O)N1CCN(Cc2ccc(B(O)OC(C)(C)C(C)(C)O)cc2)CC1. The molecule has 7 nitrogen and oxygen atoms in total. The van der Waals surface area contributed by atoms with Crippen molar-refractivity contribution in [3.8, 4) is 0 Å². The number of ether oxygens (including phenoxy) is 1. The van der Waals surface area contributed by atoms with Crippen LogP contribution in [0.4, 0.5) is 4.79 Å². The van der Waals surface area contributed by atoms with Gasteiger partial charge in [0.1, 0.15) is 5.60 Å². The van der Waals surface area contributed by atoms with Gasteiger partial charge in [0.15, 0.2) is 0 Å². The molecular formula is C22H37BN2O5. The number of carbonyl (C=O) groups is 1. The molecule has 1 aromatic carbocycles. The summed E-state index contributed by atoms with van der Waals surface area (Å²) < 4.78 is 11.1. The lowest BCUT2D eigenvalue weighted by atomic mass is 9.76. The van der Waals surface area contributed by atoms with Crippen LogP contribution in [0.15, 0.2) is 24.3 Å². The summed E-state index contributed by atoms with van der Waals surface area (Å²) in [5.41, 5.74) is -0.704. The van der Waals surface area contributed by atoms with Gasteiger partial charge in [-0.25, -0.2) is 4.79 Å². The van der Waals surface area contributed by atoms with Gasteiger partial charge in [0, 0.05) is 32.7 Å². The number of rotatable bonds is 6. The van der Waals surface area contributed by atoms with E-state index in [0.29, 0.717) is 18.6 Å². The Morgan fingerprint density at radius 1 is 1.00 bits per heavy atom. The third-order valence-electron chi connectivity index (χ3n) is 5.57. The highest BCUT2D eigenvalue weighted by atomic mass is 16.6. The molecule has 168 valence electrons. The number of nitrogens with zero attached hydrogens (tertiary/aromatic N) is 2. The highest BCUT2D eigenvalue weighted by Crippen LogP contribution is 2.25. The van der Waals surface area contributed by atoms with Crippen molar-refractivity contribution in [1.29, 1.82) is 0 Å². The monoisotopic (exact) mass is 420 g/mol. The molecule has 30 heavy (non-hydrogen) atoms. The Kier molecular flexibility index (Phi) is 7.61. The van der Waals surface area contributed by atoms with Crippen molar-refractivity contribution in [2.75, 3.05) is 26.2 Å². The van der Waals surface area contributed by atoms with E-state index in [2.05, 4.69) is 4.90 Å². The normalized spacial score (nSPS) is 16.5. The summed E-state index contributed by atoms with van der Waals surface area (Å²) in [7, 11) is -1.11. The third-order valence-corrected chi connectivity index (χ3v) is 5.57. The molecule has 1 aromatic rings. The number of amides is 1. The lowest BCUT2D eigenvalue weighted by molar-refractivity contribution is -0.0982. The van der Waals surface area contributed by atoms with Crippen LogP contribution in [0.1, 0.15) is 54.0 Å². The average Bonchev–Trinajstić information content (AvgIpc) is 2.60. The van der Waals surface area contributed by atoms with E-state index in [0.717, 1.165) is 25.2 Å². The molecule has 1 saturated heterocycles. The second-order valence-corrected chi connectivity index (χ2v) is 10.0. The first-order valence-corrected chi connectivity index (χ1v) is 10.6. The fraction of sp³-hybridized carbons (Fsp3) is 0.682. The van der Waals surface area contributed by atoms with E-state index in [1.807, 2.05) is 45.0 Å². The standard InChI is InChI=1S/C22H37BN2O5/c1-20(2,3)29-19(26)25-14-12-24(13-15-25)16-17-8-10-18(11-9-17)23(28)30-22(6,7)21(4,5)27/h8-11,27-28H,12-16H2,1-7H3. The molecular weight excluding hydrogens is 383 g/mol. The molecule has 1 fully saturated rings. The van der Waals surface area contributed by atoms with Crippen LogP contribution in [0.25, 0.3) is 0 Å². The van der Waals surface area contributed by atoms with Gasteiger partial charge in [-0.1, -0.05) is 24.3 Å². The first kappa shape index (κ1) is 24.7. The number of hydrogen-bond acceptors (Lipinski definition) is 6. The summed E-state index contributed by atoms with van der Waals surface area (Å²) in [6, 6.07) is 7.63. The summed E-state index contributed by atoms with van der Waals surface area (Å²) in [6.45, 7) is 16.1. The maximum absolute atomic E-state index is 12.2. The van der Waals surface area contributed by atoms with E-state index < -0.39 is 23.9 Å². The minimum Gasteiger partial charge on any atom is -0.444 e. The van der Waals surface area contributed by atoms with Crippen molar-refractivity contribution in [3.05, 3.63) is 29.8 Å². The average molecular weight is 420 g/mol. The summed E-state index contributed by atoms with van der Waals surface area (Å²) in [4.78, 5) is 16.2. The molecule has 1 aliphatic heterocycles. The summed E-state index contributed by atoms with van der Waals surface area (Å²) in [6.07, 6.45) is -0.255. The van der Waals surface area contributed by atoms with Crippen molar-refractivity contribution in [3.63, 3.8) is 0 Å². The molecule has 2 rings (SSSR count). The van der Waals surface area contributed by atoms with Crippen molar-refractivity contribution in [2.24, 2.45) is 0 Å². The lowest BCUT2D eigenvalue weighted by Gasteiger charge is -2.38. The minimum atomic E-state index is -1.11. The molecule has 2 N–H and O–H groups in total. The van der Waals surface area contributed by atoms with E-state index in [1.54, 1.807) is 32.6 Å². The van der Waals surface area contributed by atoms with E-state index >= 15 is 0 Å². The van der Waals surface area contributed by atoms with Gasteiger partial charge in [0.25, 0.3) is 0 Å². The topological polar surface area (TPSA) is 82.5 Å². The van der Waals surface area contributed by atoms with Gasteiger partial charge in [-0.05, 0) is 59.5 Å². The molecule has 0 atom stereocenters. The number of benzene rings is 1. The van der Waals surface area contributed by atoms with E-state index in [-0.39, 0.29) is 6.09 Å². The van der Waals surface area contributed by atoms with Crippen LogP contribution in [-0.4, -0.2) is 76.1 Å². The van der Waals surface area contributed by atoms with Crippen molar-refractivity contribution >= 4 is 18.7 Å². The van der Waals surface area contributed by atoms with Gasteiger partial charge >= 0.3 is 13.2 Å². The number of carbonyl (C=O) groups excluding carboxylic acids is 1. The smallest absolute Gasteiger partial charge is 0.444 e. The van der Waals surface area contributed by atoms with Gasteiger partial charge in [0.2, 0.25) is 0 Å². The van der Waals surface area contributed by atoms with Crippen molar-refractivity contribution in [2.45, 2.75) is 71.8 Å². The summed E-state index contributed by atoms with van der Waals surface area (Å²) in [5.74, 6) is 0. The maximum atomic E-state index is 12.2. The Bertz CT molecular complexity index is 702. The zero-order valence-electron chi connectivity index (χ0n) is 19.4. The van der Waals surface area contributed by atoms with Gasteiger partial charge < -0.3 is 24.4 Å². The number of piperazine rings is 1. The third kappa shape index (κ3) is 6.98. The fourth-order valence-corrected chi connectivity index (χ4v) is 2.95. The van der Waals surface area contributed by atoms with E-state index in [1.165, 1.54) is 0 Å². The number of hydrogen-bond donors (Lipinski definition) is 2. The zero-order chi connectivity index (χ0) is 22.7. The van der Waals surface area contributed by atoms with Crippen LogP contribution >= 0.6 is 0 Å². The first-order chi connectivity index (χ1) is 13.7. The van der Waals surface area contributed by atoms with Gasteiger partial charge in [-0.3, -0.25) is 4.90 Å². The van der Waals surface area contributed by atoms with Crippen LogP contribution in [-0.2, 0) is 15.9 Å². The Morgan fingerprint density at radius 2 is 1.53 bits per heavy atom. The van der Waals surface area contributed by atoms with Crippen LogP contribution in [0.5, 0.6) is 0 Å². The Labute approximate surface area is 181 Å². The molecule has 8 heteroatoms. The van der Waals surface area contributed by atoms with Gasteiger partial charge in [-0.2, -0.15) is 0 Å². The molecule has 0 unspecified atom stereocenters. The Balaban J connectivity index is 1.86. The van der Waals surface area contributed by atoms with E-state index in [4.69, 9.17) is 9.39 Å². The minimum absolute atomic E-state index is 0.255.